The van der Waals surface area contributed by atoms with Crippen molar-refractivity contribution in [1.82, 2.24) is 5.32 Å². The molecule has 2 heteroatoms. The zero-order chi connectivity index (χ0) is 8.84. The molecule has 1 aromatic carbocycles. The summed E-state index contributed by atoms with van der Waals surface area (Å²) in [6.45, 7) is 0.717. The molecule has 2 nitrogen and oxygen atoms in total. The molecule has 1 heterocycles. The summed E-state index contributed by atoms with van der Waals surface area (Å²) >= 11 is 0. The highest BCUT2D eigenvalue weighted by atomic mass is 16.1. The first-order valence-corrected chi connectivity index (χ1v) is 4.75. The van der Waals surface area contributed by atoms with Crippen LogP contribution in [0.5, 0.6) is 0 Å². The van der Waals surface area contributed by atoms with Crippen LogP contribution in [0.25, 0.3) is 0 Å². The van der Waals surface area contributed by atoms with Gasteiger partial charge in [-0.3, -0.25) is 4.79 Å². The summed E-state index contributed by atoms with van der Waals surface area (Å²) in [4.78, 5) is 11.3. The Morgan fingerprint density at radius 1 is 1.31 bits per heavy atom. The normalized spacial score (nSPS) is 19.8. The number of amides is 1. The zero-order valence-corrected chi connectivity index (χ0v) is 7.34. The lowest BCUT2D eigenvalue weighted by Gasteiger charge is -2.00. The van der Waals surface area contributed by atoms with Gasteiger partial charge >= 0.3 is 0 Å². The van der Waals surface area contributed by atoms with E-state index in [4.69, 9.17) is 0 Å². The molecule has 2 aliphatic rings. The minimum Gasteiger partial charge on any atom is -0.348 e. The summed E-state index contributed by atoms with van der Waals surface area (Å²) in [5.41, 5.74) is 3.45. The van der Waals surface area contributed by atoms with Crippen LogP contribution in [-0.2, 0) is 6.54 Å². The maximum atomic E-state index is 11.3. The first kappa shape index (κ1) is 7.13. The fourth-order valence-electron chi connectivity index (χ4n) is 1.92. The van der Waals surface area contributed by atoms with Gasteiger partial charge in [0.1, 0.15) is 0 Å². The predicted octanol–water partition coefficient (Wildman–Crippen LogP) is 1.81. The van der Waals surface area contributed by atoms with Crippen molar-refractivity contribution in [2.75, 3.05) is 0 Å². The fourth-order valence-corrected chi connectivity index (χ4v) is 1.92. The molecule has 0 saturated heterocycles. The Morgan fingerprint density at radius 3 is 2.92 bits per heavy atom. The minimum absolute atomic E-state index is 0.0809. The third-order valence-electron chi connectivity index (χ3n) is 2.86. The van der Waals surface area contributed by atoms with Gasteiger partial charge in [-0.25, -0.2) is 0 Å². The van der Waals surface area contributed by atoms with E-state index in [1.807, 2.05) is 6.07 Å². The van der Waals surface area contributed by atoms with Gasteiger partial charge in [0.05, 0.1) is 0 Å². The van der Waals surface area contributed by atoms with E-state index in [0.29, 0.717) is 6.54 Å². The van der Waals surface area contributed by atoms with Crippen molar-refractivity contribution in [3.8, 4) is 0 Å². The van der Waals surface area contributed by atoms with E-state index >= 15 is 0 Å². The average Bonchev–Trinajstić information content (AvgIpc) is 2.93. The molecule has 1 aliphatic carbocycles. The maximum Gasteiger partial charge on any atom is 0.251 e. The van der Waals surface area contributed by atoms with Crippen LogP contribution in [0.15, 0.2) is 18.2 Å². The van der Waals surface area contributed by atoms with Gasteiger partial charge in [0.15, 0.2) is 0 Å². The smallest absolute Gasteiger partial charge is 0.251 e. The molecule has 1 N–H and O–H groups in total. The molecule has 3 rings (SSSR count). The molecule has 1 aromatic rings. The third kappa shape index (κ3) is 1.05. The highest BCUT2D eigenvalue weighted by Gasteiger charge is 2.26. The number of hydrogen-bond donors (Lipinski definition) is 1. The minimum atomic E-state index is 0.0809. The van der Waals surface area contributed by atoms with Crippen molar-refractivity contribution in [1.29, 1.82) is 0 Å². The summed E-state index contributed by atoms with van der Waals surface area (Å²) in [6, 6.07) is 6.25. The highest BCUT2D eigenvalue weighted by molar-refractivity contribution is 5.98. The van der Waals surface area contributed by atoms with Crippen LogP contribution in [0.2, 0.25) is 0 Å². The predicted molar refractivity (Wildman–Crippen MR) is 49.6 cm³/mol. The molecule has 1 amide bonds. The molecule has 0 unspecified atom stereocenters. The van der Waals surface area contributed by atoms with Gasteiger partial charge in [-0.15, -0.1) is 0 Å². The molecule has 1 fully saturated rings. The number of fused-ring (bicyclic) bond motifs is 1. The van der Waals surface area contributed by atoms with Gasteiger partial charge in [-0.1, -0.05) is 12.1 Å². The second-order valence-electron chi connectivity index (χ2n) is 3.87. The lowest BCUT2D eigenvalue weighted by molar-refractivity contribution is 0.0966. The van der Waals surface area contributed by atoms with Gasteiger partial charge in [-0.05, 0) is 36.0 Å². The van der Waals surface area contributed by atoms with E-state index in [0.717, 1.165) is 11.5 Å². The lowest BCUT2D eigenvalue weighted by atomic mass is 10.0. The molecule has 0 spiro atoms. The molecular weight excluding hydrogens is 162 g/mol. The largest absolute Gasteiger partial charge is 0.348 e. The van der Waals surface area contributed by atoms with E-state index in [1.54, 1.807) is 0 Å². The number of hydrogen-bond acceptors (Lipinski definition) is 1. The SMILES string of the molecule is O=C1NCc2cc(C3CC3)ccc21. The molecule has 1 aliphatic heterocycles. The Morgan fingerprint density at radius 2 is 2.15 bits per heavy atom. The first-order chi connectivity index (χ1) is 6.34. The number of benzene rings is 1. The van der Waals surface area contributed by atoms with E-state index in [2.05, 4.69) is 17.4 Å². The Kier molecular flexibility index (Phi) is 1.29. The van der Waals surface area contributed by atoms with Gasteiger partial charge in [-0.2, -0.15) is 0 Å². The van der Waals surface area contributed by atoms with Crippen molar-refractivity contribution < 1.29 is 4.79 Å². The maximum absolute atomic E-state index is 11.3. The van der Waals surface area contributed by atoms with Crippen molar-refractivity contribution in [2.45, 2.75) is 25.3 Å². The molecule has 0 radical (unpaired) electrons. The Hall–Kier alpha value is -1.31. The summed E-state index contributed by atoms with van der Waals surface area (Å²) in [5.74, 6) is 0.860. The van der Waals surface area contributed by atoms with Gasteiger partial charge in [0.2, 0.25) is 0 Å². The third-order valence-corrected chi connectivity index (χ3v) is 2.86. The average molecular weight is 173 g/mol. The molecule has 13 heavy (non-hydrogen) atoms. The Bertz CT molecular complexity index is 380. The van der Waals surface area contributed by atoms with E-state index in [-0.39, 0.29) is 5.91 Å². The van der Waals surface area contributed by atoms with Crippen LogP contribution >= 0.6 is 0 Å². The van der Waals surface area contributed by atoms with Gasteiger partial charge in [0.25, 0.3) is 5.91 Å². The molecule has 0 atom stereocenters. The topological polar surface area (TPSA) is 29.1 Å². The summed E-state index contributed by atoms with van der Waals surface area (Å²) in [5, 5.41) is 2.83. The molecule has 1 saturated carbocycles. The number of carbonyl (C=O) groups is 1. The summed E-state index contributed by atoms with van der Waals surface area (Å²) in [7, 11) is 0. The molecule has 66 valence electrons. The van der Waals surface area contributed by atoms with Crippen LogP contribution in [-0.4, -0.2) is 5.91 Å². The molecule has 0 aromatic heterocycles. The van der Waals surface area contributed by atoms with Crippen molar-refractivity contribution in [3.63, 3.8) is 0 Å². The van der Waals surface area contributed by atoms with Crippen LogP contribution in [0.4, 0.5) is 0 Å². The standard InChI is InChI=1S/C11H11NO/c13-11-10-4-3-8(7-1-2-7)5-9(10)6-12-11/h3-5,7H,1-2,6H2,(H,12,13). The van der Waals surface area contributed by atoms with Gasteiger partial charge in [0, 0.05) is 12.1 Å². The van der Waals surface area contributed by atoms with E-state index in [9.17, 15) is 4.79 Å². The zero-order valence-electron chi connectivity index (χ0n) is 7.34. The number of nitrogens with one attached hydrogen (secondary N) is 1. The molecular formula is C11H11NO. The van der Waals surface area contributed by atoms with Gasteiger partial charge < -0.3 is 5.32 Å². The van der Waals surface area contributed by atoms with Crippen LogP contribution in [0.1, 0.15) is 40.2 Å². The summed E-state index contributed by atoms with van der Waals surface area (Å²) in [6.07, 6.45) is 2.64. The van der Waals surface area contributed by atoms with Crippen LogP contribution in [0.3, 0.4) is 0 Å². The lowest BCUT2D eigenvalue weighted by Crippen LogP contribution is -2.12. The highest BCUT2D eigenvalue weighted by Crippen LogP contribution is 2.40. The van der Waals surface area contributed by atoms with E-state index < -0.39 is 0 Å². The van der Waals surface area contributed by atoms with Crippen LogP contribution in [0, 0.1) is 0 Å². The Labute approximate surface area is 77.0 Å². The monoisotopic (exact) mass is 173 g/mol. The van der Waals surface area contributed by atoms with Crippen LogP contribution < -0.4 is 5.32 Å². The van der Waals surface area contributed by atoms with Crippen molar-refractivity contribution >= 4 is 5.91 Å². The summed E-state index contributed by atoms with van der Waals surface area (Å²) < 4.78 is 0. The molecule has 0 bridgehead atoms. The van der Waals surface area contributed by atoms with Crippen molar-refractivity contribution in [2.24, 2.45) is 0 Å². The number of carbonyl (C=O) groups excluding carboxylic acids is 1. The fraction of sp³-hybridized carbons (Fsp3) is 0.364. The second kappa shape index (κ2) is 2.34. The number of rotatable bonds is 1. The quantitative estimate of drug-likeness (QED) is 0.689. The second-order valence-corrected chi connectivity index (χ2v) is 3.87. The van der Waals surface area contributed by atoms with Crippen molar-refractivity contribution in [3.05, 3.63) is 34.9 Å². The van der Waals surface area contributed by atoms with E-state index in [1.165, 1.54) is 24.0 Å². The first-order valence-electron chi connectivity index (χ1n) is 4.75. The Balaban J connectivity index is 2.07.